The van der Waals surface area contributed by atoms with Crippen molar-refractivity contribution in [2.45, 2.75) is 117 Å². The minimum atomic E-state index is 0.179. The zero-order valence-electron chi connectivity index (χ0n) is 16.1. The van der Waals surface area contributed by atoms with Crippen LogP contribution < -0.4 is 0 Å². The Bertz CT molecular complexity index is 226. The average Bonchev–Trinajstić information content (AvgIpc) is 2.47. The number of unbranched alkanes of at least 4 members (excludes halogenated alkanes) is 13. The Hall–Kier alpha value is -0.0800. The summed E-state index contributed by atoms with van der Waals surface area (Å²) in [5.74, 6) is 0. The number of rotatable bonds is 16. The van der Waals surface area contributed by atoms with Crippen LogP contribution in [0.15, 0.2) is 0 Å². The highest BCUT2D eigenvalue weighted by Gasteiger charge is 2.22. The Morgan fingerprint density at radius 1 is 0.636 bits per heavy atom. The molecule has 0 aromatic heterocycles. The quantitative estimate of drug-likeness (QED) is 0.191. The van der Waals surface area contributed by atoms with Gasteiger partial charge in [0.15, 0.2) is 0 Å². The highest BCUT2D eigenvalue weighted by Crippen LogP contribution is 2.14. The largest absolute Gasteiger partial charge is 0.217 e. The van der Waals surface area contributed by atoms with Gasteiger partial charge in [0.25, 0.3) is 0 Å². The lowest BCUT2D eigenvalue weighted by molar-refractivity contribution is -1.10. The van der Waals surface area contributed by atoms with Crippen molar-refractivity contribution in [1.82, 2.24) is 0 Å². The summed E-state index contributed by atoms with van der Waals surface area (Å²) < 4.78 is 0.179. The number of nitrogens with zero attached hydrogens (tertiary/aromatic N) is 1. The number of quaternary nitrogens is 1. The molecule has 2 heteroatoms. The highest BCUT2D eigenvalue weighted by atomic mass is 16.5. The molecule has 0 saturated carbocycles. The summed E-state index contributed by atoms with van der Waals surface area (Å²) in [5, 5.41) is 10.1. The Morgan fingerprint density at radius 2 is 0.955 bits per heavy atom. The maximum atomic E-state index is 10.1. The minimum Gasteiger partial charge on any atom is -0.217 e. The van der Waals surface area contributed by atoms with Gasteiger partial charge >= 0.3 is 0 Å². The molecule has 0 bridgehead atoms. The third-order valence-electron chi connectivity index (χ3n) is 5.08. The van der Waals surface area contributed by atoms with Gasteiger partial charge in [-0.15, -0.1) is 0 Å². The third-order valence-corrected chi connectivity index (χ3v) is 5.08. The van der Waals surface area contributed by atoms with E-state index in [1.165, 1.54) is 83.5 Å². The van der Waals surface area contributed by atoms with Gasteiger partial charge in [-0.1, -0.05) is 84.0 Å². The van der Waals surface area contributed by atoms with Gasteiger partial charge < -0.3 is 0 Å². The molecule has 0 aliphatic rings. The molecule has 0 fully saturated rings. The topological polar surface area (TPSA) is 20.2 Å². The van der Waals surface area contributed by atoms with Crippen LogP contribution in [0.4, 0.5) is 0 Å². The Balaban J connectivity index is 3.15. The van der Waals surface area contributed by atoms with E-state index in [1.807, 2.05) is 7.05 Å². The first kappa shape index (κ1) is 21.9. The molecule has 0 aliphatic heterocycles. The number of hydrogen-bond acceptors (Lipinski definition) is 1. The molecule has 0 aromatic rings. The predicted molar refractivity (Wildman–Crippen MR) is 98.3 cm³/mol. The molecule has 0 rings (SSSR count). The van der Waals surface area contributed by atoms with Gasteiger partial charge in [0.1, 0.15) is 12.6 Å². The minimum absolute atomic E-state index is 0.179. The van der Waals surface area contributed by atoms with Crippen LogP contribution in [0.25, 0.3) is 0 Å². The second-order valence-electron chi connectivity index (χ2n) is 7.63. The summed E-state index contributed by atoms with van der Waals surface area (Å²) in [6, 6.07) is 0.307. The smallest absolute Gasteiger partial charge is 0.113 e. The fraction of sp³-hybridized carbons (Fsp3) is 1.00. The van der Waals surface area contributed by atoms with E-state index in [1.54, 1.807) is 0 Å². The molecule has 22 heavy (non-hydrogen) atoms. The van der Waals surface area contributed by atoms with Crippen molar-refractivity contribution in [3.8, 4) is 0 Å². The van der Waals surface area contributed by atoms with E-state index in [9.17, 15) is 5.21 Å². The molecule has 0 aliphatic carbocycles. The van der Waals surface area contributed by atoms with Gasteiger partial charge in [0.05, 0.1) is 7.05 Å². The van der Waals surface area contributed by atoms with Gasteiger partial charge in [-0.25, -0.2) is 5.21 Å². The summed E-state index contributed by atoms with van der Waals surface area (Å²) in [6.07, 6.45) is 19.4. The first-order chi connectivity index (χ1) is 10.5. The predicted octanol–water partition coefficient (Wildman–Crippen LogP) is 6.71. The van der Waals surface area contributed by atoms with Crippen LogP contribution in [-0.2, 0) is 0 Å². The van der Waals surface area contributed by atoms with E-state index >= 15 is 0 Å². The van der Waals surface area contributed by atoms with Crippen molar-refractivity contribution in [3.63, 3.8) is 0 Å². The molecule has 1 N–H and O–H groups in total. The summed E-state index contributed by atoms with van der Waals surface area (Å²) >= 11 is 0. The highest BCUT2D eigenvalue weighted by molar-refractivity contribution is 4.49. The standard InChI is InChI=1S/C20H44NO/c1-5-6-7-8-9-10-11-12-13-14-15-16-17-18-19-21(4,22)20(2)3/h20,22H,5-19H2,1-4H3/q+1. The van der Waals surface area contributed by atoms with Crippen molar-refractivity contribution in [2.75, 3.05) is 13.6 Å². The maximum Gasteiger partial charge on any atom is 0.113 e. The molecule has 134 valence electrons. The lowest BCUT2D eigenvalue weighted by atomic mass is 10.0. The summed E-state index contributed by atoms with van der Waals surface area (Å²) in [7, 11) is 1.92. The second-order valence-corrected chi connectivity index (χ2v) is 7.63. The van der Waals surface area contributed by atoms with Crippen LogP contribution in [0.5, 0.6) is 0 Å². The van der Waals surface area contributed by atoms with Gasteiger partial charge in [0.2, 0.25) is 0 Å². The summed E-state index contributed by atoms with van der Waals surface area (Å²) in [5.41, 5.74) is 0. The molecule has 1 unspecified atom stereocenters. The Morgan fingerprint density at radius 3 is 1.27 bits per heavy atom. The summed E-state index contributed by atoms with van der Waals surface area (Å²) in [6.45, 7) is 7.36. The van der Waals surface area contributed by atoms with E-state index in [0.717, 1.165) is 13.0 Å². The van der Waals surface area contributed by atoms with Crippen LogP contribution in [0.1, 0.15) is 111 Å². The van der Waals surface area contributed by atoms with Crippen LogP contribution in [-0.4, -0.2) is 29.5 Å². The van der Waals surface area contributed by atoms with E-state index in [4.69, 9.17) is 0 Å². The fourth-order valence-electron chi connectivity index (χ4n) is 2.88. The van der Waals surface area contributed by atoms with Gasteiger partial charge in [-0.2, -0.15) is 4.65 Å². The maximum absolute atomic E-state index is 10.1. The molecule has 0 aromatic carbocycles. The Kier molecular flexibility index (Phi) is 14.5. The Labute approximate surface area is 140 Å². The normalized spacial score (nSPS) is 14.5. The molecule has 2 nitrogen and oxygen atoms in total. The third kappa shape index (κ3) is 13.6. The van der Waals surface area contributed by atoms with Crippen molar-refractivity contribution in [1.29, 1.82) is 0 Å². The van der Waals surface area contributed by atoms with E-state index in [-0.39, 0.29) is 4.65 Å². The second kappa shape index (κ2) is 14.5. The van der Waals surface area contributed by atoms with Crippen molar-refractivity contribution in [2.24, 2.45) is 0 Å². The molecule has 0 heterocycles. The van der Waals surface area contributed by atoms with Gasteiger partial charge in [-0.05, 0) is 26.7 Å². The van der Waals surface area contributed by atoms with E-state index in [2.05, 4.69) is 20.8 Å². The van der Waals surface area contributed by atoms with Crippen LogP contribution in [0.3, 0.4) is 0 Å². The molecule has 0 amide bonds. The first-order valence-corrected chi connectivity index (χ1v) is 10.1. The lowest BCUT2D eigenvalue weighted by Gasteiger charge is -2.29. The van der Waals surface area contributed by atoms with Crippen molar-refractivity contribution in [3.05, 3.63) is 0 Å². The summed E-state index contributed by atoms with van der Waals surface area (Å²) in [4.78, 5) is 0. The molecule has 0 radical (unpaired) electrons. The molecule has 1 atom stereocenters. The van der Waals surface area contributed by atoms with Gasteiger partial charge in [0, 0.05) is 0 Å². The zero-order chi connectivity index (χ0) is 16.7. The molecular formula is C20H44NO+. The van der Waals surface area contributed by atoms with Crippen molar-refractivity contribution >= 4 is 0 Å². The average molecular weight is 315 g/mol. The SMILES string of the molecule is CCCCCCCCCCCCCCCC[N+](C)(O)C(C)C. The monoisotopic (exact) mass is 314 g/mol. The lowest BCUT2D eigenvalue weighted by Crippen LogP contribution is -2.47. The van der Waals surface area contributed by atoms with Crippen LogP contribution in [0.2, 0.25) is 0 Å². The zero-order valence-corrected chi connectivity index (χ0v) is 16.1. The van der Waals surface area contributed by atoms with Crippen LogP contribution >= 0.6 is 0 Å². The van der Waals surface area contributed by atoms with E-state index < -0.39 is 0 Å². The van der Waals surface area contributed by atoms with Crippen LogP contribution in [0, 0.1) is 0 Å². The fourth-order valence-corrected chi connectivity index (χ4v) is 2.88. The first-order valence-electron chi connectivity index (χ1n) is 10.1. The molecule has 0 saturated heterocycles. The molecule has 0 spiro atoms. The number of hydrogen-bond donors (Lipinski definition) is 1. The van der Waals surface area contributed by atoms with Crippen molar-refractivity contribution < 1.29 is 9.85 Å². The molecular weight excluding hydrogens is 270 g/mol. The van der Waals surface area contributed by atoms with E-state index in [0.29, 0.717) is 6.04 Å². The van der Waals surface area contributed by atoms with Gasteiger partial charge in [-0.3, -0.25) is 0 Å². The number of hydroxylamine groups is 3.